The third-order valence-corrected chi connectivity index (χ3v) is 10.8. The van der Waals surface area contributed by atoms with Crippen LogP contribution in [0.1, 0.15) is 57.9 Å². The highest BCUT2D eigenvalue weighted by atomic mass is 35.5. The van der Waals surface area contributed by atoms with E-state index in [2.05, 4.69) is 19.8 Å². The zero-order valence-corrected chi connectivity index (χ0v) is 31.8. The van der Waals surface area contributed by atoms with Gasteiger partial charge in [-0.25, -0.2) is 4.18 Å². The first-order chi connectivity index (χ1) is 25.5. The highest BCUT2D eigenvalue weighted by Crippen LogP contribution is 2.42. The number of halogens is 1. The largest absolute Gasteiger partial charge is 0.397 e. The lowest BCUT2D eigenvalue weighted by Crippen LogP contribution is -2.64. The number of likely N-dealkylation sites (tertiary alicyclic amines) is 1. The van der Waals surface area contributed by atoms with Crippen molar-refractivity contribution in [2.45, 2.75) is 119 Å². The number of carbonyl (C=O) groups excluding carboxylic acids is 3. The third kappa shape index (κ3) is 11.9. The van der Waals surface area contributed by atoms with Gasteiger partial charge in [0.2, 0.25) is 17.7 Å². The molecule has 2 heterocycles. The molecule has 0 bridgehead atoms. The highest BCUT2D eigenvalue weighted by molar-refractivity contribution is 7.80. The van der Waals surface area contributed by atoms with Crippen LogP contribution in [-0.4, -0.2) is 137 Å². The molecule has 20 heteroatoms. The number of alkyl halides is 1. The molecular formula is C34H53ClN6O12S. The Bertz CT molecular complexity index is 1550. The van der Waals surface area contributed by atoms with Crippen molar-refractivity contribution in [1.82, 2.24) is 15.5 Å². The molecule has 1 aliphatic carbocycles. The van der Waals surface area contributed by atoms with E-state index in [9.17, 15) is 37.9 Å². The van der Waals surface area contributed by atoms with Crippen molar-refractivity contribution in [3.63, 3.8) is 0 Å². The van der Waals surface area contributed by atoms with Crippen LogP contribution in [0.25, 0.3) is 0 Å². The average Bonchev–Trinajstić information content (AvgIpc) is 3.48. The lowest BCUT2D eigenvalue weighted by molar-refractivity contribution is -0.282. The SMILES string of the molecule is CC(C)[C@@H](O[C@H]1OC[C@@H](O)[C@H](O)[C@H]1OS(=O)(=O)O)[C@H](NC(=O)[C@H](O)Cc1ccccc1)C(=O)N1[C@H](C(=O)NCCCCN=C(N)N)C[C@@H]2CC[C@@H](Cl)C[C@@H]21. The second kappa shape index (κ2) is 19.6. The molecule has 0 radical (unpaired) electrons. The van der Waals surface area contributed by atoms with Gasteiger partial charge in [-0.05, 0) is 55.9 Å². The van der Waals surface area contributed by atoms with Crippen LogP contribution in [0.2, 0.25) is 0 Å². The number of nitrogens with two attached hydrogens (primary N) is 2. The topological polar surface area (TPSA) is 286 Å². The molecule has 54 heavy (non-hydrogen) atoms. The Morgan fingerprint density at radius 1 is 1.11 bits per heavy atom. The number of fused-ring (bicyclic) bond motifs is 1. The minimum absolute atomic E-state index is 0.0393. The van der Waals surface area contributed by atoms with Crippen molar-refractivity contribution >= 4 is 45.7 Å². The fourth-order valence-electron chi connectivity index (χ4n) is 7.26. The number of hydrogen-bond acceptors (Lipinski definition) is 12. The van der Waals surface area contributed by atoms with Crippen molar-refractivity contribution in [1.29, 1.82) is 0 Å². The summed E-state index contributed by atoms with van der Waals surface area (Å²) < 4.78 is 49.2. The fourth-order valence-corrected chi connectivity index (χ4v) is 8.05. The number of rotatable bonds is 17. The van der Waals surface area contributed by atoms with Crippen LogP contribution in [-0.2, 0) is 44.9 Å². The molecule has 304 valence electrons. The second-order valence-corrected chi connectivity index (χ2v) is 16.0. The number of aliphatic hydroxyl groups is 3. The number of hydrogen-bond donors (Lipinski definition) is 8. The average molecular weight is 805 g/mol. The Hall–Kier alpha value is -3.14. The van der Waals surface area contributed by atoms with Gasteiger partial charge < -0.3 is 51.8 Å². The van der Waals surface area contributed by atoms with Gasteiger partial charge in [0.1, 0.15) is 30.4 Å². The van der Waals surface area contributed by atoms with Crippen LogP contribution in [0.5, 0.6) is 0 Å². The van der Waals surface area contributed by atoms with Crippen molar-refractivity contribution in [2.24, 2.45) is 28.3 Å². The normalized spacial score (nSPS) is 28.8. The number of guanidine groups is 1. The van der Waals surface area contributed by atoms with Gasteiger partial charge in [0.15, 0.2) is 18.4 Å². The van der Waals surface area contributed by atoms with Gasteiger partial charge in [-0.2, -0.15) is 8.42 Å². The third-order valence-electron chi connectivity index (χ3n) is 9.93. The standard InChI is InChI=1S/C34H53ClN6O12S/c1-18(2)28(52-33-29(53-54(48,49)50)27(44)25(43)17-51-33)26(40-31(46)24(42)14-19-8-4-3-5-9-19)32(47)41-22-16-21(35)11-10-20(22)15-23(41)30(45)38-12-6-7-13-39-34(36)37/h3-5,8-9,18,20-29,33,42-44H,6-7,10-17H2,1-2H3,(H,38,45)(H,40,46)(H4,36,37,39)(H,48,49,50)/t20-,21+,22-,23-,24+,25+,26-,27-,28+,29+,33+/m0/s1. The van der Waals surface area contributed by atoms with Gasteiger partial charge in [0.05, 0.1) is 12.7 Å². The lowest BCUT2D eigenvalue weighted by atomic mass is 9.84. The first-order valence-electron chi connectivity index (χ1n) is 18.1. The van der Waals surface area contributed by atoms with Gasteiger partial charge in [0, 0.05) is 30.9 Å². The molecule has 18 nitrogen and oxygen atoms in total. The molecule has 2 aliphatic heterocycles. The molecule has 10 N–H and O–H groups in total. The van der Waals surface area contributed by atoms with Gasteiger partial charge in [-0.3, -0.25) is 23.9 Å². The van der Waals surface area contributed by atoms with E-state index in [1.165, 1.54) is 4.90 Å². The van der Waals surface area contributed by atoms with E-state index in [0.29, 0.717) is 50.6 Å². The molecule has 11 atom stereocenters. The number of carbonyl (C=O) groups is 3. The highest BCUT2D eigenvalue weighted by Gasteiger charge is 2.53. The molecule has 0 spiro atoms. The van der Waals surface area contributed by atoms with Crippen LogP contribution in [0, 0.1) is 11.8 Å². The minimum atomic E-state index is -5.21. The smallest absolute Gasteiger partial charge is 0.388 e. The summed E-state index contributed by atoms with van der Waals surface area (Å²) in [5.41, 5.74) is 11.4. The Labute approximate surface area is 319 Å². The molecule has 3 fully saturated rings. The number of ether oxygens (including phenoxy) is 2. The number of unbranched alkanes of at least 4 members (excludes halogenated alkanes) is 1. The second-order valence-electron chi connectivity index (χ2n) is 14.3. The summed E-state index contributed by atoms with van der Waals surface area (Å²) in [5.74, 6) is -2.88. The maximum atomic E-state index is 15.0. The maximum Gasteiger partial charge on any atom is 0.397 e. The monoisotopic (exact) mass is 804 g/mol. The van der Waals surface area contributed by atoms with Crippen molar-refractivity contribution in [3.8, 4) is 0 Å². The zero-order valence-electron chi connectivity index (χ0n) is 30.3. The van der Waals surface area contributed by atoms with E-state index in [-0.39, 0.29) is 30.2 Å². The molecule has 0 unspecified atom stereocenters. The summed E-state index contributed by atoms with van der Waals surface area (Å²) in [4.78, 5) is 47.9. The first-order valence-corrected chi connectivity index (χ1v) is 19.9. The van der Waals surface area contributed by atoms with Crippen molar-refractivity contribution in [3.05, 3.63) is 35.9 Å². The molecule has 2 saturated heterocycles. The first kappa shape index (κ1) is 43.6. The number of benzene rings is 1. The van der Waals surface area contributed by atoms with E-state index >= 15 is 4.79 Å². The summed E-state index contributed by atoms with van der Waals surface area (Å²) in [7, 11) is -5.21. The number of amides is 3. The summed E-state index contributed by atoms with van der Waals surface area (Å²) >= 11 is 6.61. The molecule has 4 rings (SSSR count). The molecule has 3 aliphatic rings. The summed E-state index contributed by atoms with van der Waals surface area (Å²) in [5, 5.41) is 37.1. The van der Waals surface area contributed by atoms with Gasteiger partial charge in [0.25, 0.3) is 0 Å². The lowest BCUT2D eigenvalue weighted by Gasteiger charge is -2.42. The minimum Gasteiger partial charge on any atom is -0.388 e. The van der Waals surface area contributed by atoms with E-state index in [1.807, 2.05) is 0 Å². The predicted octanol–water partition coefficient (Wildman–Crippen LogP) is -1.07. The predicted molar refractivity (Wildman–Crippen MR) is 195 cm³/mol. The Morgan fingerprint density at radius 3 is 2.46 bits per heavy atom. The van der Waals surface area contributed by atoms with Gasteiger partial charge in [-0.15, -0.1) is 11.6 Å². The van der Waals surface area contributed by atoms with Crippen LogP contribution in [0.4, 0.5) is 0 Å². The van der Waals surface area contributed by atoms with Crippen molar-refractivity contribution in [2.75, 3.05) is 19.7 Å². The Kier molecular flexibility index (Phi) is 15.8. The van der Waals surface area contributed by atoms with E-state index in [0.717, 1.165) is 0 Å². The number of nitrogens with zero attached hydrogens (tertiary/aromatic N) is 2. The van der Waals surface area contributed by atoms with E-state index < -0.39 is 95.6 Å². The van der Waals surface area contributed by atoms with Crippen LogP contribution >= 0.6 is 11.6 Å². The summed E-state index contributed by atoms with van der Waals surface area (Å²) in [6.45, 7) is 3.39. The zero-order chi connectivity index (χ0) is 39.7. The van der Waals surface area contributed by atoms with Crippen LogP contribution in [0.15, 0.2) is 35.3 Å². The number of aliphatic hydroxyl groups excluding tert-OH is 3. The summed E-state index contributed by atoms with van der Waals surface area (Å²) in [6, 6.07) is 5.61. The molecule has 1 aromatic carbocycles. The van der Waals surface area contributed by atoms with Crippen molar-refractivity contribution < 1.29 is 56.3 Å². The fraction of sp³-hybridized carbons (Fsp3) is 0.706. The van der Waals surface area contributed by atoms with Crippen LogP contribution < -0.4 is 22.1 Å². The number of aliphatic imine (C=N–C) groups is 1. The molecule has 0 aromatic heterocycles. The Balaban J connectivity index is 1.68. The Morgan fingerprint density at radius 2 is 1.81 bits per heavy atom. The molecule has 1 aromatic rings. The number of nitrogens with one attached hydrogen (secondary N) is 2. The maximum absolute atomic E-state index is 15.0. The molecule has 3 amide bonds. The van der Waals surface area contributed by atoms with Crippen LogP contribution in [0.3, 0.4) is 0 Å². The van der Waals surface area contributed by atoms with E-state index in [4.69, 9.17) is 32.5 Å². The molecular weight excluding hydrogens is 752 g/mol. The summed E-state index contributed by atoms with van der Waals surface area (Å²) in [6.07, 6.45) is -7.26. The quantitative estimate of drug-likeness (QED) is 0.0306. The van der Waals surface area contributed by atoms with Gasteiger partial charge in [-0.1, -0.05) is 44.2 Å². The molecule has 1 saturated carbocycles. The van der Waals surface area contributed by atoms with Gasteiger partial charge >= 0.3 is 10.4 Å². The van der Waals surface area contributed by atoms with E-state index in [1.54, 1.807) is 44.2 Å².